The molecule has 2 aromatic rings. The maximum atomic E-state index is 12.3. The van der Waals surface area contributed by atoms with Crippen LogP contribution in [-0.4, -0.2) is 25.3 Å². The largest absolute Gasteiger partial charge is 0.350 e. The standard InChI is InChI=1S/C17H16O3/c18-17(14-4-2-1-3-5-14)15-8-6-13(7-9-15)12-16-19-10-11-20-16/h1-9,16H,10-12H2. The molecule has 1 heterocycles. The summed E-state index contributed by atoms with van der Waals surface area (Å²) in [6.45, 7) is 1.32. The summed E-state index contributed by atoms with van der Waals surface area (Å²) in [5, 5.41) is 0. The summed E-state index contributed by atoms with van der Waals surface area (Å²) in [6.07, 6.45) is 0.575. The number of ether oxygens (including phenoxy) is 2. The summed E-state index contributed by atoms with van der Waals surface area (Å²) in [7, 11) is 0. The molecule has 0 atom stereocenters. The molecule has 0 saturated carbocycles. The first-order valence-corrected chi connectivity index (χ1v) is 6.75. The van der Waals surface area contributed by atoms with Crippen molar-refractivity contribution in [3.63, 3.8) is 0 Å². The summed E-state index contributed by atoms with van der Waals surface area (Å²) in [5.74, 6) is 0.0468. The molecule has 0 aromatic heterocycles. The Morgan fingerprint density at radius 3 is 2.15 bits per heavy atom. The molecule has 3 rings (SSSR count). The summed E-state index contributed by atoms with van der Waals surface area (Å²) < 4.78 is 10.8. The van der Waals surface area contributed by atoms with E-state index in [2.05, 4.69) is 0 Å². The van der Waals surface area contributed by atoms with Gasteiger partial charge in [0.05, 0.1) is 13.2 Å². The average Bonchev–Trinajstić information content (AvgIpc) is 3.01. The Bertz CT molecular complexity index is 569. The van der Waals surface area contributed by atoms with Gasteiger partial charge in [0.1, 0.15) is 0 Å². The van der Waals surface area contributed by atoms with E-state index in [0.717, 1.165) is 12.0 Å². The van der Waals surface area contributed by atoms with Crippen LogP contribution in [-0.2, 0) is 15.9 Å². The lowest BCUT2D eigenvalue weighted by molar-refractivity contribution is -0.0399. The third-order valence-electron chi connectivity index (χ3n) is 3.35. The average molecular weight is 268 g/mol. The van der Waals surface area contributed by atoms with E-state index in [1.54, 1.807) is 0 Å². The Hall–Kier alpha value is -1.97. The van der Waals surface area contributed by atoms with Gasteiger partial charge in [-0.15, -0.1) is 0 Å². The molecule has 20 heavy (non-hydrogen) atoms. The molecule has 3 heteroatoms. The van der Waals surface area contributed by atoms with E-state index in [9.17, 15) is 4.79 Å². The van der Waals surface area contributed by atoms with Crippen molar-refractivity contribution in [3.8, 4) is 0 Å². The van der Waals surface area contributed by atoms with Crippen LogP contribution in [0.4, 0.5) is 0 Å². The van der Waals surface area contributed by atoms with Crippen molar-refractivity contribution in [3.05, 3.63) is 71.3 Å². The zero-order chi connectivity index (χ0) is 13.8. The fraction of sp³-hybridized carbons (Fsp3) is 0.235. The van der Waals surface area contributed by atoms with Crippen molar-refractivity contribution in [2.75, 3.05) is 13.2 Å². The van der Waals surface area contributed by atoms with E-state index < -0.39 is 0 Å². The maximum absolute atomic E-state index is 12.3. The highest BCUT2D eigenvalue weighted by Gasteiger charge is 2.16. The second kappa shape index (κ2) is 5.99. The van der Waals surface area contributed by atoms with Crippen LogP contribution in [0.2, 0.25) is 0 Å². The summed E-state index contributed by atoms with van der Waals surface area (Å²) in [4.78, 5) is 12.3. The number of carbonyl (C=O) groups excluding carboxylic acids is 1. The second-order valence-corrected chi connectivity index (χ2v) is 4.77. The molecule has 1 fully saturated rings. The first-order chi connectivity index (χ1) is 9.83. The summed E-state index contributed by atoms with van der Waals surface area (Å²) in [5.41, 5.74) is 2.53. The number of benzene rings is 2. The van der Waals surface area contributed by atoms with Crippen molar-refractivity contribution in [1.29, 1.82) is 0 Å². The van der Waals surface area contributed by atoms with E-state index >= 15 is 0 Å². The van der Waals surface area contributed by atoms with Crippen LogP contribution in [0.15, 0.2) is 54.6 Å². The first kappa shape index (κ1) is 13.0. The molecule has 3 nitrogen and oxygen atoms in total. The minimum Gasteiger partial charge on any atom is -0.350 e. The second-order valence-electron chi connectivity index (χ2n) is 4.77. The number of ketones is 1. The predicted octanol–water partition coefficient (Wildman–Crippen LogP) is 2.83. The molecular weight excluding hydrogens is 252 g/mol. The van der Waals surface area contributed by atoms with Crippen LogP contribution in [0.3, 0.4) is 0 Å². The Labute approximate surface area is 118 Å². The lowest BCUT2D eigenvalue weighted by Crippen LogP contribution is -2.11. The number of carbonyl (C=O) groups is 1. The van der Waals surface area contributed by atoms with E-state index in [1.807, 2.05) is 54.6 Å². The molecule has 0 N–H and O–H groups in total. The van der Waals surface area contributed by atoms with Crippen molar-refractivity contribution in [2.45, 2.75) is 12.7 Å². The van der Waals surface area contributed by atoms with Crippen LogP contribution < -0.4 is 0 Å². The van der Waals surface area contributed by atoms with Gasteiger partial charge >= 0.3 is 0 Å². The number of rotatable bonds is 4. The Kier molecular flexibility index (Phi) is 3.90. The van der Waals surface area contributed by atoms with Gasteiger partial charge in [0, 0.05) is 17.5 Å². The lowest BCUT2D eigenvalue weighted by Gasteiger charge is -2.09. The van der Waals surface area contributed by atoms with Gasteiger partial charge in [-0.05, 0) is 5.56 Å². The number of hydrogen-bond donors (Lipinski definition) is 0. The van der Waals surface area contributed by atoms with Crippen molar-refractivity contribution in [2.24, 2.45) is 0 Å². The zero-order valence-electron chi connectivity index (χ0n) is 11.1. The SMILES string of the molecule is O=C(c1ccccc1)c1ccc(CC2OCCO2)cc1. The Morgan fingerprint density at radius 2 is 1.50 bits per heavy atom. The lowest BCUT2D eigenvalue weighted by atomic mass is 10.0. The molecule has 0 bridgehead atoms. The molecule has 0 amide bonds. The van der Waals surface area contributed by atoms with Gasteiger partial charge < -0.3 is 9.47 Å². The molecular formula is C17H16O3. The molecule has 0 aliphatic carbocycles. The van der Waals surface area contributed by atoms with Crippen molar-refractivity contribution < 1.29 is 14.3 Å². The number of hydrogen-bond acceptors (Lipinski definition) is 3. The smallest absolute Gasteiger partial charge is 0.193 e. The van der Waals surface area contributed by atoms with Gasteiger partial charge in [-0.25, -0.2) is 0 Å². The minimum atomic E-state index is -0.148. The monoisotopic (exact) mass is 268 g/mol. The molecule has 0 unspecified atom stereocenters. The van der Waals surface area contributed by atoms with E-state index in [0.29, 0.717) is 24.3 Å². The van der Waals surface area contributed by atoms with Crippen LogP contribution >= 0.6 is 0 Å². The normalized spacial score (nSPS) is 15.4. The van der Waals surface area contributed by atoms with Gasteiger partial charge in [-0.2, -0.15) is 0 Å². The molecule has 0 radical (unpaired) electrons. The molecule has 102 valence electrons. The highest BCUT2D eigenvalue weighted by Crippen LogP contribution is 2.15. The van der Waals surface area contributed by atoms with Crippen LogP contribution in [0, 0.1) is 0 Å². The molecule has 1 aliphatic rings. The van der Waals surface area contributed by atoms with Gasteiger partial charge in [0.2, 0.25) is 0 Å². The fourth-order valence-corrected chi connectivity index (χ4v) is 2.27. The highest BCUT2D eigenvalue weighted by atomic mass is 16.7. The van der Waals surface area contributed by atoms with Gasteiger partial charge in [-0.3, -0.25) is 4.79 Å². The fourth-order valence-electron chi connectivity index (χ4n) is 2.27. The van der Waals surface area contributed by atoms with Gasteiger partial charge in [-0.1, -0.05) is 54.6 Å². The topological polar surface area (TPSA) is 35.5 Å². The molecule has 0 spiro atoms. The highest BCUT2D eigenvalue weighted by molar-refractivity contribution is 6.08. The Morgan fingerprint density at radius 1 is 0.900 bits per heavy atom. The van der Waals surface area contributed by atoms with E-state index in [1.165, 1.54) is 0 Å². The maximum Gasteiger partial charge on any atom is 0.193 e. The van der Waals surface area contributed by atoms with Gasteiger partial charge in [0.15, 0.2) is 12.1 Å². The third kappa shape index (κ3) is 2.95. The van der Waals surface area contributed by atoms with Crippen LogP contribution in [0.25, 0.3) is 0 Å². The molecule has 1 saturated heterocycles. The van der Waals surface area contributed by atoms with Crippen LogP contribution in [0.5, 0.6) is 0 Å². The summed E-state index contributed by atoms with van der Waals surface area (Å²) in [6, 6.07) is 16.9. The molecule has 1 aliphatic heterocycles. The van der Waals surface area contributed by atoms with Crippen molar-refractivity contribution >= 4 is 5.78 Å². The third-order valence-corrected chi connectivity index (χ3v) is 3.35. The van der Waals surface area contributed by atoms with Crippen molar-refractivity contribution in [1.82, 2.24) is 0 Å². The van der Waals surface area contributed by atoms with E-state index in [-0.39, 0.29) is 12.1 Å². The van der Waals surface area contributed by atoms with Crippen LogP contribution in [0.1, 0.15) is 21.5 Å². The van der Waals surface area contributed by atoms with Gasteiger partial charge in [0.25, 0.3) is 0 Å². The molecule has 2 aromatic carbocycles. The quantitative estimate of drug-likeness (QED) is 0.800. The van der Waals surface area contributed by atoms with E-state index in [4.69, 9.17) is 9.47 Å². The minimum absolute atomic E-state index is 0.0468. The zero-order valence-corrected chi connectivity index (χ0v) is 11.1. The first-order valence-electron chi connectivity index (χ1n) is 6.75. The predicted molar refractivity (Wildman–Crippen MR) is 75.7 cm³/mol. The summed E-state index contributed by atoms with van der Waals surface area (Å²) >= 11 is 0. The Balaban J connectivity index is 1.71.